The molecular formula is C16H10ClFN2O. The van der Waals surface area contributed by atoms with E-state index in [-0.39, 0.29) is 18.9 Å². The largest absolute Gasteiger partial charge is 0.307 e. The van der Waals surface area contributed by atoms with Crippen LogP contribution in [0.1, 0.15) is 16.7 Å². The van der Waals surface area contributed by atoms with Gasteiger partial charge in [-0.3, -0.25) is 4.79 Å². The minimum absolute atomic E-state index is 0.0908. The maximum atomic E-state index is 13.9. The van der Waals surface area contributed by atoms with Gasteiger partial charge in [0.05, 0.1) is 24.6 Å². The van der Waals surface area contributed by atoms with Gasteiger partial charge in [-0.1, -0.05) is 17.7 Å². The lowest BCUT2D eigenvalue weighted by Gasteiger charge is -2.18. The Balaban J connectivity index is 1.98. The number of fused-ring (bicyclic) bond motifs is 1. The van der Waals surface area contributed by atoms with E-state index >= 15 is 0 Å². The van der Waals surface area contributed by atoms with Gasteiger partial charge >= 0.3 is 0 Å². The highest BCUT2D eigenvalue weighted by Crippen LogP contribution is 2.33. The van der Waals surface area contributed by atoms with Crippen molar-refractivity contribution in [2.24, 2.45) is 0 Å². The molecule has 104 valence electrons. The van der Waals surface area contributed by atoms with Crippen molar-refractivity contribution in [3.8, 4) is 6.07 Å². The normalized spacial score (nSPS) is 13.2. The van der Waals surface area contributed by atoms with Crippen LogP contribution in [0, 0.1) is 17.1 Å². The number of halogens is 2. The summed E-state index contributed by atoms with van der Waals surface area (Å²) in [5.41, 5.74) is 2.26. The van der Waals surface area contributed by atoms with Gasteiger partial charge in [0.25, 0.3) is 0 Å². The zero-order chi connectivity index (χ0) is 15.0. The average Bonchev–Trinajstić information content (AvgIpc) is 2.77. The molecule has 0 aliphatic carbocycles. The smallest absolute Gasteiger partial charge is 0.231 e. The fourth-order valence-electron chi connectivity index (χ4n) is 2.44. The summed E-state index contributed by atoms with van der Waals surface area (Å²) in [5.74, 6) is -0.536. The molecule has 1 heterocycles. The number of hydrogen-bond donors (Lipinski definition) is 0. The third-order valence-electron chi connectivity index (χ3n) is 3.48. The molecule has 0 radical (unpaired) electrons. The van der Waals surface area contributed by atoms with Gasteiger partial charge in [0.15, 0.2) is 0 Å². The fourth-order valence-corrected chi connectivity index (χ4v) is 2.61. The standard InChI is InChI=1S/C16H10ClFN2O/c17-13-3-2-11-6-16(21)20(15(11)7-13)9-12-5-10(8-19)1-4-14(12)18/h1-5,7H,6,9H2. The Morgan fingerprint density at radius 2 is 2.10 bits per heavy atom. The van der Waals surface area contributed by atoms with Crippen LogP contribution in [0.4, 0.5) is 10.1 Å². The topological polar surface area (TPSA) is 44.1 Å². The number of hydrogen-bond acceptors (Lipinski definition) is 2. The second kappa shape index (κ2) is 5.19. The fraction of sp³-hybridized carbons (Fsp3) is 0.125. The molecule has 0 unspecified atom stereocenters. The van der Waals surface area contributed by atoms with Crippen LogP contribution in [0.5, 0.6) is 0 Å². The molecule has 1 aliphatic heterocycles. The summed E-state index contributed by atoms with van der Waals surface area (Å²) >= 11 is 5.96. The zero-order valence-corrected chi connectivity index (χ0v) is 11.7. The van der Waals surface area contributed by atoms with Crippen LogP contribution in [0.2, 0.25) is 5.02 Å². The SMILES string of the molecule is N#Cc1ccc(F)c(CN2C(=O)Cc3ccc(Cl)cc32)c1. The highest BCUT2D eigenvalue weighted by Gasteiger charge is 2.28. The average molecular weight is 301 g/mol. The lowest BCUT2D eigenvalue weighted by Crippen LogP contribution is -2.26. The number of rotatable bonds is 2. The van der Waals surface area contributed by atoms with E-state index in [2.05, 4.69) is 0 Å². The number of anilines is 1. The van der Waals surface area contributed by atoms with Gasteiger partial charge in [-0.25, -0.2) is 4.39 Å². The molecule has 1 amide bonds. The third-order valence-corrected chi connectivity index (χ3v) is 3.72. The van der Waals surface area contributed by atoms with Crippen molar-refractivity contribution in [3.63, 3.8) is 0 Å². The number of amides is 1. The summed E-state index contributed by atoms with van der Waals surface area (Å²) < 4.78 is 13.9. The maximum absolute atomic E-state index is 13.9. The molecule has 0 aromatic heterocycles. The summed E-state index contributed by atoms with van der Waals surface area (Å²) in [6.07, 6.45) is 0.284. The summed E-state index contributed by atoms with van der Waals surface area (Å²) in [6, 6.07) is 11.3. The van der Waals surface area contributed by atoms with E-state index in [0.717, 1.165) is 5.56 Å². The van der Waals surface area contributed by atoms with Crippen LogP contribution in [-0.2, 0) is 17.8 Å². The van der Waals surface area contributed by atoms with E-state index in [0.29, 0.717) is 21.8 Å². The zero-order valence-electron chi connectivity index (χ0n) is 10.9. The van der Waals surface area contributed by atoms with E-state index in [1.54, 1.807) is 18.2 Å². The minimum atomic E-state index is -0.433. The Morgan fingerprint density at radius 1 is 1.29 bits per heavy atom. The molecule has 0 saturated carbocycles. The van der Waals surface area contributed by atoms with Crippen LogP contribution < -0.4 is 4.90 Å². The highest BCUT2D eigenvalue weighted by molar-refractivity contribution is 6.31. The number of benzene rings is 2. The maximum Gasteiger partial charge on any atom is 0.231 e. The Kier molecular flexibility index (Phi) is 3.36. The first-order valence-electron chi connectivity index (χ1n) is 6.36. The van der Waals surface area contributed by atoms with Crippen molar-refractivity contribution in [3.05, 3.63) is 63.9 Å². The molecule has 3 rings (SSSR count). The van der Waals surface area contributed by atoms with E-state index < -0.39 is 5.82 Å². The Hall–Kier alpha value is -2.38. The van der Waals surface area contributed by atoms with Crippen molar-refractivity contribution >= 4 is 23.2 Å². The van der Waals surface area contributed by atoms with Gasteiger partial charge in [0.1, 0.15) is 5.82 Å². The molecule has 21 heavy (non-hydrogen) atoms. The summed E-state index contributed by atoms with van der Waals surface area (Å²) in [4.78, 5) is 13.6. The molecular weight excluding hydrogens is 291 g/mol. The molecule has 0 saturated heterocycles. The van der Waals surface area contributed by atoms with Crippen molar-refractivity contribution in [1.82, 2.24) is 0 Å². The van der Waals surface area contributed by atoms with Gasteiger partial charge in [0.2, 0.25) is 5.91 Å². The van der Waals surface area contributed by atoms with E-state index in [1.165, 1.54) is 23.1 Å². The Labute approximate surface area is 126 Å². The van der Waals surface area contributed by atoms with Crippen molar-refractivity contribution in [2.75, 3.05) is 4.90 Å². The second-order valence-corrected chi connectivity index (χ2v) is 5.28. The number of nitrogens with zero attached hydrogens (tertiary/aromatic N) is 2. The van der Waals surface area contributed by atoms with Gasteiger partial charge in [-0.05, 0) is 35.9 Å². The molecule has 1 aliphatic rings. The summed E-state index contributed by atoms with van der Waals surface area (Å²) in [7, 11) is 0. The molecule has 3 nitrogen and oxygen atoms in total. The lowest BCUT2D eigenvalue weighted by atomic mass is 10.1. The van der Waals surface area contributed by atoms with Gasteiger partial charge in [-0.15, -0.1) is 0 Å². The predicted octanol–water partition coefficient (Wildman–Crippen LogP) is 3.44. The van der Waals surface area contributed by atoms with Gasteiger partial charge in [0, 0.05) is 16.3 Å². The van der Waals surface area contributed by atoms with Gasteiger partial charge in [-0.2, -0.15) is 5.26 Å². The lowest BCUT2D eigenvalue weighted by molar-refractivity contribution is -0.117. The number of carbonyl (C=O) groups excluding carboxylic acids is 1. The predicted molar refractivity (Wildman–Crippen MR) is 77.5 cm³/mol. The Morgan fingerprint density at radius 3 is 2.86 bits per heavy atom. The first-order chi connectivity index (χ1) is 10.1. The molecule has 0 spiro atoms. The minimum Gasteiger partial charge on any atom is -0.307 e. The molecule has 0 N–H and O–H groups in total. The first-order valence-corrected chi connectivity index (χ1v) is 6.73. The Bertz CT molecular complexity index is 782. The van der Waals surface area contributed by atoms with Crippen LogP contribution in [0.3, 0.4) is 0 Å². The van der Waals surface area contributed by atoms with Crippen LogP contribution >= 0.6 is 11.6 Å². The van der Waals surface area contributed by atoms with E-state index in [1.807, 2.05) is 6.07 Å². The van der Waals surface area contributed by atoms with Crippen LogP contribution in [-0.4, -0.2) is 5.91 Å². The summed E-state index contributed by atoms with van der Waals surface area (Å²) in [6.45, 7) is 0.0908. The van der Waals surface area contributed by atoms with Crippen molar-refractivity contribution in [2.45, 2.75) is 13.0 Å². The van der Waals surface area contributed by atoms with E-state index in [9.17, 15) is 9.18 Å². The van der Waals surface area contributed by atoms with E-state index in [4.69, 9.17) is 16.9 Å². The third kappa shape index (κ3) is 2.48. The first kappa shape index (κ1) is 13.6. The monoisotopic (exact) mass is 300 g/mol. The molecule has 2 aromatic carbocycles. The summed E-state index contributed by atoms with van der Waals surface area (Å²) in [5, 5.41) is 9.42. The van der Waals surface area contributed by atoms with Crippen molar-refractivity contribution < 1.29 is 9.18 Å². The molecule has 2 aromatic rings. The van der Waals surface area contributed by atoms with Crippen molar-refractivity contribution in [1.29, 1.82) is 5.26 Å². The second-order valence-electron chi connectivity index (χ2n) is 4.85. The van der Waals surface area contributed by atoms with Crippen LogP contribution in [0.15, 0.2) is 36.4 Å². The molecule has 0 atom stereocenters. The van der Waals surface area contributed by atoms with Crippen LogP contribution in [0.25, 0.3) is 0 Å². The quantitative estimate of drug-likeness (QED) is 0.853. The molecule has 5 heteroatoms. The number of carbonyl (C=O) groups is 1. The molecule has 0 bridgehead atoms. The van der Waals surface area contributed by atoms with Gasteiger partial charge < -0.3 is 4.90 Å². The highest BCUT2D eigenvalue weighted by atomic mass is 35.5. The molecule has 0 fully saturated rings. The number of nitriles is 1.